The Balaban J connectivity index is 1.21. The lowest BCUT2D eigenvalue weighted by Gasteiger charge is -2.26. The van der Waals surface area contributed by atoms with E-state index in [1.807, 2.05) is 24.3 Å². The number of ether oxygens (including phenoxy) is 1. The summed E-state index contributed by atoms with van der Waals surface area (Å²) in [5.74, 6) is 0.322. The van der Waals surface area contributed by atoms with Gasteiger partial charge in [-0.15, -0.1) is 0 Å². The normalized spacial score (nSPS) is 13.8. The second kappa shape index (κ2) is 11.9. The first-order chi connectivity index (χ1) is 18.5. The van der Waals surface area contributed by atoms with E-state index in [0.29, 0.717) is 36.2 Å². The number of nitrogens with one attached hydrogen (secondary N) is 2. The summed E-state index contributed by atoms with van der Waals surface area (Å²) in [5, 5.41) is 6.49. The van der Waals surface area contributed by atoms with Crippen molar-refractivity contribution in [2.75, 3.05) is 50.4 Å². The van der Waals surface area contributed by atoms with Crippen molar-refractivity contribution in [3.63, 3.8) is 0 Å². The van der Waals surface area contributed by atoms with Gasteiger partial charge in [-0.1, -0.05) is 18.2 Å². The number of hydrogen-bond donors (Lipinski definition) is 3. The Labute approximate surface area is 219 Å². The van der Waals surface area contributed by atoms with E-state index >= 15 is 0 Å². The molecule has 4 aromatic rings. The predicted molar refractivity (Wildman–Crippen MR) is 141 cm³/mol. The summed E-state index contributed by atoms with van der Waals surface area (Å²) in [7, 11) is 0. The van der Waals surface area contributed by atoms with Crippen molar-refractivity contribution >= 4 is 11.6 Å². The molecule has 0 unspecified atom stereocenters. The van der Waals surface area contributed by atoms with Gasteiger partial charge >= 0.3 is 0 Å². The van der Waals surface area contributed by atoms with Gasteiger partial charge in [-0.3, -0.25) is 4.90 Å². The number of rotatable bonds is 9. The number of piperazine rings is 1. The lowest BCUT2D eigenvalue weighted by molar-refractivity contribution is 0.191. The molecule has 2 aromatic carbocycles. The van der Waals surface area contributed by atoms with Gasteiger partial charge in [0.25, 0.3) is 0 Å². The summed E-state index contributed by atoms with van der Waals surface area (Å²) in [6, 6.07) is 10.9. The molecule has 0 saturated carbocycles. The van der Waals surface area contributed by atoms with E-state index in [-0.39, 0.29) is 11.4 Å². The molecule has 0 radical (unpaired) electrons. The van der Waals surface area contributed by atoms with Crippen LogP contribution >= 0.6 is 0 Å². The number of hydrogen-bond acceptors (Lipinski definition) is 9. The molecule has 4 N–H and O–H groups in total. The number of aromatic nitrogens is 4. The second-order valence-electron chi connectivity index (χ2n) is 8.88. The lowest BCUT2D eigenvalue weighted by atomic mass is 10.1. The largest absolute Gasteiger partial charge is 0.489 e. The third-order valence-corrected chi connectivity index (χ3v) is 6.12. The van der Waals surface area contributed by atoms with Gasteiger partial charge in [0.15, 0.2) is 23.2 Å². The quantitative estimate of drug-likeness (QED) is 0.307. The summed E-state index contributed by atoms with van der Waals surface area (Å²) in [5.41, 5.74) is 8.34. The summed E-state index contributed by atoms with van der Waals surface area (Å²) in [4.78, 5) is 19.8. The van der Waals surface area contributed by atoms with Crippen LogP contribution in [0.5, 0.6) is 5.75 Å². The van der Waals surface area contributed by atoms with Gasteiger partial charge in [0, 0.05) is 56.5 Å². The molecule has 5 rings (SSSR count). The van der Waals surface area contributed by atoms with Crippen molar-refractivity contribution in [1.82, 2.24) is 30.2 Å². The molecule has 11 heteroatoms. The van der Waals surface area contributed by atoms with Crippen LogP contribution in [0.1, 0.15) is 5.56 Å². The summed E-state index contributed by atoms with van der Waals surface area (Å²) >= 11 is 0. The van der Waals surface area contributed by atoms with Crippen LogP contribution in [-0.2, 0) is 6.54 Å². The van der Waals surface area contributed by atoms with Gasteiger partial charge < -0.3 is 21.1 Å². The molecule has 2 aromatic heterocycles. The molecule has 9 nitrogen and oxygen atoms in total. The van der Waals surface area contributed by atoms with Crippen LogP contribution in [0.4, 0.5) is 20.4 Å². The van der Waals surface area contributed by atoms with Gasteiger partial charge in [0.05, 0.1) is 24.3 Å². The summed E-state index contributed by atoms with van der Waals surface area (Å²) in [6.07, 6.45) is 4.75. The molecular weight excluding hydrogens is 490 g/mol. The van der Waals surface area contributed by atoms with Crippen LogP contribution in [0.25, 0.3) is 22.6 Å². The van der Waals surface area contributed by atoms with Crippen LogP contribution in [0, 0.1) is 11.6 Å². The highest BCUT2D eigenvalue weighted by Crippen LogP contribution is 2.24. The predicted octanol–water partition coefficient (Wildman–Crippen LogP) is 3.36. The molecule has 38 heavy (non-hydrogen) atoms. The molecule has 3 heterocycles. The third-order valence-electron chi connectivity index (χ3n) is 6.12. The van der Waals surface area contributed by atoms with Crippen LogP contribution in [-0.4, -0.2) is 64.2 Å². The smallest absolute Gasteiger partial charge is 0.169 e. The minimum absolute atomic E-state index is 0.178. The fourth-order valence-corrected chi connectivity index (χ4v) is 4.14. The summed E-state index contributed by atoms with van der Waals surface area (Å²) in [6.45, 7) is 5.93. The lowest BCUT2D eigenvalue weighted by Crippen LogP contribution is -2.44. The van der Waals surface area contributed by atoms with Gasteiger partial charge in [0.2, 0.25) is 0 Å². The Morgan fingerprint density at radius 3 is 2.47 bits per heavy atom. The van der Waals surface area contributed by atoms with Crippen molar-refractivity contribution in [2.24, 2.45) is 0 Å². The highest BCUT2D eigenvalue weighted by Gasteiger charge is 2.11. The van der Waals surface area contributed by atoms with Gasteiger partial charge in [-0.25, -0.2) is 28.7 Å². The molecule has 1 aliphatic rings. The maximum Gasteiger partial charge on any atom is 0.169 e. The minimum atomic E-state index is -0.693. The van der Waals surface area contributed by atoms with Crippen molar-refractivity contribution in [3.8, 4) is 28.4 Å². The van der Waals surface area contributed by atoms with Gasteiger partial charge in [-0.2, -0.15) is 0 Å². The molecule has 1 saturated heterocycles. The number of benzene rings is 2. The zero-order valence-electron chi connectivity index (χ0n) is 20.7. The number of halogens is 2. The van der Waals surface area contributed by atoms with Crippen molar-refractivity contribution in [1.29, 1.82) is 0 Å². The zero-order chi connectivity index (χ0) is 26.3. The SMILES string of the molecule is Nc1ncc(-c2cc(F)cc(F)c2)nc1NCc1cccc(-c2ncc(OCCN3CCNCC3)cn2)c1. The van der Waals surface area contributed by atoms with E-state index in [1.165, 1.54) is 18.3 Å². The van der Waals surface area contributed by atoms with Crippen molar-refractivity contribution < 1.29 is 13.5 Å². The van der Waals surface area contributed by atoms with Crippen molar-refractivity contribution in [2.45, 2.75) is 6.54 Å². The van der Waals surface area contributed by atoms with Gasteiger partial charge in [-0.05, 0) is 23.8 Å². The molecule has 0 bridgehead atoms. The first-order valence-corrected chi connectivity index (χ1v) is 12.3. The zero-order valence-corrected chi connectivity index (χ0v) is 20.7. The van der Waals surface area contributed by atoms with E-state index in [0.717, 1.165) is 49.9 Å². The molecule has 196 valence electrons. The Morgan fingerprint density at radius 2 is 1.71 bits per heavy atom. The van der Waals surface area contributed by atoms with E-state index in [9.17, 15) is 8.78 Å². The second-order valence-corrected chi connectivity index (χ2v) is 8.88. The molecular formula is C27H28F2N8O. The van der Waals surface area contributed by atoms with Gasteiger partial charge in [0.1, 0.15) is 18.2 Å². The number of anilines is 2. The van der Waals surface area contributed by atoms with E-state index < -0.39 is 11.6 Å². The van der Waals surface area contributed by atoms with Crippen LogP contribution in [0.3, 0.4) is 0 Å². The number of nitrogens with zero attached hydrogens (tertiary/aromatic N) is 5. The standard InChI is InChI=1S/C27H28F2N8O/c28-21-11-20(12-22(29)13-21)24-17-32-25(30)27(36-24)33-14-18-2-1-3-19(10-18)26-34-15-23(16-35-26)38-9-8-37-6-4-31-5-7-37/h1-3,10-13,15-17,31H,4-9,14H2,(H2,30,32)(H,33,36). The van der Waals surface area contributed by atoms with E-state index in [1.54, 1.807) is 12.4 Å². The fraction of sp³-hybridized carbons (Fsp3) is 0.259. The molecule has 1 fully saturated rings. The maximum atomic E-state index is 13.6. The minimum Gasteiger partial charge on any atom is -0.489 e. The van der Waals surface area contributed by atoms with Crippen LogP contribution < -0.4 is 21.1 Å². The van der Waals surface area contributed by atoms with Crippen LogP contribution in [0.2, 0.25) is 0 Å². The van der Waals surface area contributed by atoms with E-state index in [4.69, 9.17) is 10.5 Å². The highest BCUT2D eigenvalue weighted by molar-refractivity contribution is 5.65. The Bertz CT molecular complexity index is 1360. The molecule has 0 spiro atoms. The van der Waals surface area contributed by atoms with Crippen molar-refractivity contribution in [3.05, 3.63) is 78.3 Å². The molecule has 0 atom stereocenters. The average Bonchev–Trinajstić information content (AvgIpc) is 2.93. The Hall–Kier alpha value is -4.22. The first-order valence-electron chi connectivity index (χ1n) is 12.3. The topological polar surface area (TPSA) is 114 Å². The molecule has 0 amide bonds. The number of nitrogens with two attached hydrogens (primary N) is 1. The molecule has 1 aliphatic heterocycles. The number of nitrogen functional groups attached to an aromatic ring is 1. The Morgan fingerprint density at radius 1 is 0.947 bits per heavy atom. The Kier molecular flexibility index (Phi) is 7.95. The fourth-order valence-electron chi connectivity index (χ4n) is 4.14. The van der Waals surface area contributed by atoms with E-state index in [2.05, 4.69) is 35.5 Å². The molecule has 0 aliphatic carbocycles. The average molecular weight is 519 g/mol. The maximum absolute atomic E-state index is 13.6. The monoisotopic (exact) mass is 518 g/mol. The third kappa shape index (κ3) is 6.55. The highest BCUT2D eigenvalue weighted by atomic mass is 19.1. The summed E-state index contributed by atoms with van der Waals surface area (Å²) < 4.78 is 33.1. The van der Waals surface area contributed by atoms with Crippen LogP contribution in [0.15, 0.2) is 61.1 Å². The first kappa shape index (κ1) is 25.4.